The van der Waals surface area contributed by atoms with Crippen LogP contribution in [0, 0.1) is 23.4 Å². The minimum Gasteiger partial charge on any atom is -0.337 e. The van der Waals surface area contributed by atoms with E-state index in [1.165, 1.54) is 29.2 Å². The van der Waals surface area contributed by atoms with Crippen molar-refractivity contribution in [2.45, 2.75) is 0 Å². The van der Waals surface area contributed by atoms with E-state index >= 15 is 0 Å². The molecule has 0 spiro atoms. The van der Waals surface area contributed by atoms with Crippen molar-refractivity contribution >= 4 is 17.5 Å². The van der Waals surface area contributed by atoms with Gasteiger partial charge in [-0.2, -0.15) is 0 Å². The van der Waals surface area contributed by atoms with Gasteiger partial charge in [0.05, 0.1) is 5.92 Å². The first-order valence-electron chi connectivity index (χ1n) is 7.25. The Kier molecular flexibility index (Phi) is 4.24. The van der Waals surface area contributed by atoms with Crippen LogP contribution in [0.1, 0.15) is 10.4 Å². The minimum absolute atomic E-state index is 0.0258. The average Bonchev–Trinajstić information content (AvgIpc) is 2.48. The second-order valence-electron chi connectivity index (χ2n) is 5.54. The lowest BCUT2D eigenvalue weighted by atomic mass is 9.97. The van der Waals surface area contributed by atoms with Crippen molar-refractivity contribution in [2.24, 2.45) is 5.92 Å². The molecule has 4 nitrogen and oxygen atoms in total. The number of carbonyl (C=O) groups is 2. The van der Waals surface area contributed by atoms with Crippen molar-refractivity contribution in [3.63, 3.8) is 0 Å². The Hall–Kier alpha value is -2.83. The van der Waals surface area contributed by atoms with Gasteiger partial charge in [-0.3, -0.25) is 9.59 Å². The van der Waals surface area contributed by atoms with Crippen molar-refractivity contribution < 1.29 is 22.8 Å². The average molecular weight is 334 g/mol. The second kappa shape index (κ2) is 6.35. The summed E-state index contributed by atoms with van der Waals surface area (Å²) < 4.78 is 39.1. The number of rotatable bonds is 3. The Balaban J connectivity index is 1.57. The number of hydrogen-bond acceptors (Lipinski definition) is 2. The Morgan fingerprint density at radius 3 is 2.42 bits per heavy atom. The summed E-state index contributed by atoms with van der Waals surface area (Å²) in [6, 6.07) is 8.41. The second-order valence-corrected chi connectivity index (χ2v) is 5.54. The first-order valence-corrected chi connectivity index (χ1v) is 7.25. The van der Waals surface area contributed by atoms with Gasteiger partial charge in [0.1, 0.15) is 5.82 Å². The van der Waals surface area contributed by atoms with E-state index in [1.807, 2.05) is 0 Å². The number of benzene rings is 2. The van der Waals surface area contributed by atoms with Crippen molar-refractivity contribution in [1.82, 2.24) is 4.90 Å². The maximum Gasteiger partial charge on any atom is 0.254 e. The van der Waals surface area contributed by atoms with Crippen molar-refractivity contribution in [2.75, 3.05) is 18.4 Å². The zero-order valence-corrected chi connectivity index (χ0v) is 12.4. The predicted molar refractivity (Wildman–Crippen MR) is 80.8 cm³/mol. The summed E-state index contributed by atoms with van der Waals surface area (Å²) in [6.45, 7) is 0.331. The van der Waals surface area contributed by atoms with Gasteiger partial charge >= 0.3 is 0 Å². The third-order valence-corrected chi connectivity index (χ3v) is 3.80. The lowest BCUT2D eigenvalue weighted by molar-refractivity contribution is -0.123. The molecule has 0 saturated carbocycles. The molecule has 1 aliphatic heterocycles. The fourth-order valence-electron chi connectivity index (χ4n) is 2.43. The van der Waals surface area contributed by atoms with E-state index < -0.39 is 29.3 Å². The predicted octanol–water partition coefficient (Wildman–Crippen LogP) is 2.81. The van der Waals surface area contributed by atoms with E-state index in [2.05, 4.69) is 5.32 Å². The number of hydrogen-bond donors (Lipinski definition) is 1. The Bertz CT molecular complexity index is 804. The molecule has 1 N–H and O–H groups in total. The van der Waals surface area contributed by atoms with Crippen LogP contribution in [0.4, 0.5) is 18.9 Å². The molecule has 1 aliphatic rings. The number of nitrogens with zero attached hydrogens (tertiary/aromatic N) is 1. The SMILES string of the molecule is O=C(Nc1cccc(F)c1)C1CN(C(=O)c2ccc(F)c(F)c2)C1. The van der Waals surface area contributed by atoms with Crippen LogP contribution in [0.15, 0.2) is 42.5 Å². The summed E-state index contributed by atoms with van der Waals surface area (Å²) in [5.74, 6) is -3.80. The van der Waals surface area contributed by atoms with Crippen LogP contribution in [0.2, 0.25) is 0 Å². The molecule has 1 saturated heterocycles. The third kappa shape index (κ3) is 3.24. The molecule has 1 fully saturated rings. The van der Waals surface area contributed by atoms with E-state index in [1.54, 1.807) is 6.07 Å². The van der Waals surface area contributed by atoms with Gasteiger partial charge in [-0.15, -0.1) is 0 Å². The van der Waals surface area contributed by atoms with Gasteiger partial charge in [-0.05, 0) is 36.4 Å². The Labute approximate surface area is 135 Å². The maximum atomic E-state index is 13.2. The molecule has 124 valence electrons. The molecular weight excluding hydrogens is 321 g/mol. The summed E-state index contributed by atoms with van der Waals surface area (Å²) in [5.41, 5.74) is 0.364. The zero-order valence-electron chi connectivity index (χ0n) is 12.4. The Morgan fingerprint density at radius 1 is 1.00 bits per heavy atom. The molecule has 2 amide bonds. The van der Waals surface area contributed by atoms with Gasteiger partial charge in [-0.1, -0.05) is 6.07 Å². The first kappa shape index (κ1) is 16.0. The molecule has 2 aromatic rings. The molecule has 0 bridgehead atoms. The molecule has 0 unspecified atom stereocenters. The van der Waals surface area contributed by atoms with Gasteiger partial charge in [-0.25, -0.2) is 13.2 Å². The van der Waals surface area contributed by atoms with E-state index in [0.717, 1.165) is 12.1 Å². The number of anilines is 1. The minimum atomic E-state index is -1.10. The van der Waals surface area contributed by atoms with Gasteiger partial charge in [0.2, 0.25) is 5.91 Å². The van der Waals surface area contributed by atoms with E-state index in [4.69, 9.17) is 0 Å². The van der Waals surface area contributed by atoms with Gasteiger partial charge in [0, 0.05) is 24.3 Å². The van der Waals surface area contributed by atoms with Crippen LogP contribution >= 0.6 is 0 Å². The third-order valence-electron chi connectivity index (χ3n) is 3.80. The van der Waals surface area contributed by atoms with Gasteiger partial charge in [0.15, 0.2) is 11.6 Å². The lowest BCUT2D eigenvalue weighted by Gasteiger charge is -2.38. The molecule has 0 aliphatic carbocycles. The highest BCUT2D eigenvalue weighted by Gasteiger charge is 2.36. The number of nitrogens with one attached hydrogen (secondary N) is 1. The van der Waals surface area contributed by atoms with E-state index in [9.17, 15) is 22.8 Å². The summed E-state index contributed by atoms with van der Waals surface area (Å²) in [7, 11) is 0. The Morgan fingerprint density at radius 2 is 1.75 bits per heavy atom. The topological polar surface area (TPSA) is 49.4 Å². The molecule has 3 rings (SSSR count). The monoisotopic (exact) mass is 334 g/mol. The number of halogens is 3. The molecule has 24 heavy (non-hydrogen) atoms. The van der Waals surface area contributed by atoms with Crippen LogP contribution in [0.25, 0.3) is 0 Å². The molecule has 7 heteroatoms. The van der Waals surface area contributed by atoms with Crippen LogP contribution in [-0.4, -0.2) is 29.8 Å². The fraction of sp³-hybridized carbons (Fsp3) is 0.176. The van der Waals surface area contributed by atoms with Crippen molar-refractivity contribution in [3.8, 4) is 0 Å². The summed E-state index contributed by atoms with van der Waals surface area (Å²) >= 11 is 0. The van der Waals surface area contributed by atoms with Crippen molar-refractivity contribution in [3.05, 3.63) is 65.5 Å². The largest absolute Gasteiger partial charge is 0.337 e. The van der Waals surface area contributed by atoms with Gasteiger partial charge < -0.3 is 10.2 Å². The molecule has 0 atom stereocenters. The first-order chi connectivity index (χ1) is 11.4. The van der Waals surface area contributed by atoms with Crippen LogP contribution < -0.4 is 5.32 Å². The fourth-order valence-corrected chi connectivity index (χ4v) is 2.43. The standard InChI is InChI=1S/C17H13F3N2O2/c18-12-2-1-3-13(7-12)21-16(23)11-8-22(9-11)17(24)10-4-5-14(19)15(20)6-10/h1-7,11H,8-9H2,(H,21,23). The van der Waals surface area contributed by atoms with Gasteiger partial charge in [0.25, 0.3) is 5.91 Å². The number of likely N-dealkylation sites (tertiary alicyclic amines) is 1. The summed E-state index contributed by atoms with van der Waals surface area (Å²) in [5, 5.41) is 2.57. The molecule has 0 aromatic heterocycles. The maximum absolute atomic E-state index is 13.2. The lowest BCUT2D eigenvalue weighted by Crippen LogP contribution is -2.54. The van der Waals surface area contributed by atoms with Crippen LogP contribution in [-0.2, 0) is 4.79 Å². The van der Waals surface area contributed by atoms with E-state index in [-0.39, 0.29) is 24.6 Å². The highest BCUT2D eigenvalue weighted by molar-refractivity contribution is 5.98. The summed E-state index contributed by atoms with van der Waals surface area (Å²) in [4.78, 5) is 25.5. The smallest absolute Gasteiger partial charge is 0.254 e. The molecule has 0 radical (unpaired) electrons. The quantitative estimate of drug-likeness (QED) is 0.938. The highest BCUT2D eigenvalue weighted by atomic mass is 19.2. The number of carbonyl (C=O) groups excluding carboxylic acids is 2. The number of amides is 2. The van der Waals surface area contributed by atoms with E-state index in [0.29, 0.717) is 5.69 Å². The summed E-state index contributed by atoms with van der Waals surface area (Å²) in [6.07, 6.45) is 0. The molecule has 1 heterocycles. The molecule has 2 aromatic carbocycles. The highest BCUT2D eigenvalue weighted by Crippen LogP contribution is 2.21. The zero-order chi connectivity index (χ0) is 17.3. The van der Waals surface area contributed by atoms with Crippen LogP contribution in [0.3, 0.4) is 0 Å². The van der Waals surface area contributed by atoms with Crippen molar-refractivity contribution in [1.29, 1.82) is 0 Å². The normalized spacial score (nSPS) is 14.2. The molecular formula is C17H13F3N2O2. The van der Waals surface area contributed by atoms with Crippen LogP contribution in [0.5, 0.6) is 0 Å².